The van der Waals surface area contributed by atoms with Gasteiger partial charge in [-0.2, -0.15) is 0 Å². The van der Waals surface area contributed by atoms with Gasteiger partial charge in [-0.1, -0.05) is 24.7 Å². The van der Waals surface area contributed by atoms with Crippen LogP contribution in [0.25, 0.3) is 0 Å². The average molecular weight is 462 g/mol. The topological polar surface area (TPSA) is 144 Å². The van der Waals surface area contributed by atoms with Gasteiger partial charge in [-0.05, 0) is 31.0 Å². The minimum absolute atomic E-state index is 0.0491. The third-order valence-corrected chi connectivity index (χ3v) is 6.41. The quantitative estimate of drug-likeness (QED) is 0.518. The van der Waals surface area contributed by atoms with E-state index in [9.17, 15) is 26.8 Å². The molecule has 30 heavy (non-hydrogen) atoms. The molecule has 2 amide bonds. The van der Waals surface area contributed by atoms with Crippen molar-refractivity contribution in [2.24, 2.45) is 5.14 Å². The number of hydrogen-bond donors (Lipinski definition) is 3. The van der Waals surface area contributed by atoms with Gasteiger partial charge in [0.05, 0.1) is 6.42 Å². The zero-order valence-electron chi connectivity index (χ0n) is 16.2. The lowest BCUT2D eigenvalue weighted by Crippen LogP contribution is -2.44. The van der Waals surface area contributed by atoms with E-state index in [2.05, 4.69) is 20.8 Å². The van der Waals surface area contributed by atoms with Crippen molar-refractivity contribution in [3.8, 4) is 0 Å². The normalized spacial score (nSPS) is 13.5. The molecule has 0 bridgehead atoms. The van der Waals surface area contributed by atoms with Crippen LogP contribution in [-0.2, 0) is 26.0 Å². The van der Waals surface area contributed by atoms with E-state index in [0.29, 0.717) is 18.9 Å². The maximum absolute atomic E-state index is 13.3. The molecule has 164 valence electrons. The Kier molecular flexibility index (Phi) is 7.92. The van der Waals surface area contributed by atoms with Crippen molar-refractivity contribution in [3.05, 3.63) is 40.4 Å². The van der Waals surface area contributed by atoms with E-state index in [4.69, 9.17) is 5.14 Å². The Morgan fingerprint density at radius 2 is 1.83 bits per heavy atom. The average Bonchev–Trinajstić information content (AvgIpc) is 3.07. The second kappa shape index (κ2) is 10.00. The smallest absolute Gasteiger partial charge is 0.248 e. The fourth-order valence-electron chi connectivity index (χ4n) is 2.48. The number of nitrogens with two attached hydrogens (primary N) is 1. The van der Waals surface area contributed by atoms with Gasteiger partial charge < -0.3 is 5.32 Å². The number of carbonyl (C=O) groups is 2. The van der Waals surface area contributed by atoms with Gasteiger partial charge in [-0.15, -0.1) is 10.2 Å². The first-order valence-corrected chi connectivity index (χ1v) is 11.3. The molecule has 0 saturated heterocycles. The Labute approximate surface area is 176 Å². The van der Waals surface area contributed by atoms with Gasteiger partial charge in [0, 0.05) is 6.07 Å². The number of sulfonamides is 1. The third kappa shape index (κ3) is 6.78. The summed E-state index contributed by atoms with van der Waals surface area (Å²) >= 11 is 0.847. The van der Waals surface area contributed by atoms with Crippen molar-refractivity contribution in [1.29, 1.82) is 0 Å². The van der Waals surface area contributed by atoms with E-state index in [1.807, 2.05) is 6.92 Å². The highest BCUT2D eigenvalue weighted by molar-refractivity contribution is 7.89. The second-order valence-corrected chi connectivity index (χ2v) is 9.42. The van der Waals surface area contributed by atoms with Crippen LogP contribution < -0.4 is 15.8 Å². The SMILES string of the molecule is CCCC(NC(=O)Cc1cc(F)cc(F)c1)C(=O)Nc1nnc(C(C)S(N)(=O)=O)s1. The van der Waals surface area contributed by atoms with E-state index < -0.39 is 44.8 Å². The number of nitrogens with one attached hydrogen (secondary N) is 2. The van der Waals surface area contributed by atoms with Gasteiger partial charge in [0.1, 0.15) is 27.9 Å². The number of hydrogen-bond acceptors (Lipinski definition) is 7. The maximum atomic E-state index is 13.3. The number of benzene rings is 1. The summed E-state index contributed by atoms with van der Waals surface area (Å²) in [5.41, 5.74) is 0.131. The largest absolute Gasteiger partial charge is 0.344 e. The molecule has 2 atom stereocenters. The van der Waals surface area contributed by atoms with Gasteiger partial charge in [-0.25, -0.2) is 22.3 Å². The molecule has 9 nitrogen and oxygen atoms in total. The lowest BCUT2D eigenvalue weighted by molar-refractivity contribution is -0.126. The van der Waals surface area contributed by atoms with Crippen molar-refractivity contribution < 1.29 is 26.8 Å². The van der Waals surface area contributed by atoms with Crippen LogP contribution in [0.1, 0.15) is 42.5 Å². The summed E-state index contributed by atoms with van der Waals surface area (Å²) in [6.07, 6.45) is 0.558. The zero-order valence-corrected chi connectivity index (χ0v) is 17.8. The number of carbonyl (C=O) groups excluding carboxylic acids is 2. The number of primary sulfonamides is 1. The lowest BCUT2D eigenvalue weighted by atomic mass is 10.1. The summed E-state index contributed by atoms with van der Waals surface area (Å²) < 4.78 is 49.4. The van der Waals surface area contributed by atoms with Crippen LogP contribution in [0, 0.1) is 11.6 Å². The maximum Gasteiger partial charge on any atom is 0.248 e. The third-order valence-electron chi connectivity index (χ3n) is 4.03. The molecule has 0 saturated carbocycles. The molecule has 0 radical (unpaired) electrons. The molecule has 1 heterocycles. The van der Waals surface area contributed by atoms with E-state index >= 15 is 0 Å². The first kappa shape index (κ1) is 23.8. The van der Waals surface area contributed by atoms with E-state index in [-0.39, 0.29) is 22.1 Å². The second-order valence-electron chi connectivity index (χ2n) is 6.53. The van der Waals surface area contributed by atoms with Crippen LogP contribution in [0.15, 0.2) is 18.2 Å². The van der Waals surface area contributed by atoms with Crippen molar-refractivity contribution in [2.75, 3.05) is 5.32 Å². The molecule has 13 heteroatoms. The molecule has 2 rings (SSSR count). The number of anilines is 1. The highest BCUT2D eigenvalue weighted by Gasteiger charge is 2.25. The van der Waals surface area contributed by atoms with Crippen molar-refractivity contribution >= 4 is 38.3 Å². The number of aromatic nitrogens is 2. The Hall–Kier alpha value is -2.51. The van der Waals surface area contributed by atoms with Crippen LogP contribution in [-0.4, -0.2) is 36.5 Å². The van der Waals surface area contributed by atoms with Gasteiger partial charge in [0.25, 0.3) is 0 Å². The van der Waals surface area contributed by atoms with Crippen LogP contribution >= 0.6 is 11.3 Å². The molecule has 0 aliphatic rings. The molecule has 1 aromatic carbocycles. The summed E-state index contributed by atoms with van der Waals surface area (Å²) in [6, 6.07) is 1.84. The summed E-state index contributed by atoms with van der Waals surface area (Å²) in [7, 11) is -3.86. The van der Waals surface area contributed by atoms with Gasteiger partial charge in [0.2, 0.25) is 27.0 Å². The van der Waals surface area contributed by atoms with Gasteiger partial charge in [0.15, 0.2) is 0 Å². The van der Waals surface area contributed by atoms with Crippen LogP contribution in [0.2, 0.25) is 0 Å². The molecule has 0 aliphatic carbocycles. The molecule has 0 spiro atoms. The number of amides is 2. The Morgan fingerprint density at radius 1 is 1.20 bits per heavy atom. The molecule has 1 aromatic heterocycles. The molecular weight excluding hydrogens is 440 g/mol. The minimum Gasteiger partial charge on any atom is -0.344 e. The van der Waals surface area contributed by atoms with Gasteiger partial charge in [-0.3, -0.25) is 14.9 Å². The first-order valence-electron chi connectivity index (χ1n) is 8.89. The fraction of sp³-hybridized carbons (Fsp3) is 0.412. The lowest BCUT2D eigenvalue weighted by Gasteiger charge is -2.17. The number of halogens is 2. The summed E-state index contributed by atoms with van der Waals surface area (Å²) in [5.74, 6) is -2.78. The summed E-state index contributed by atoms with van der Waals surface area (Å²) in [5, 5.41) is 16.6. The molecule has 2 unspecified atom stereocenters. The van der Waals surface area contributed by atoms with E-state index in [1.165, 1.54) is 6.92 Å². The number of rotatable bonds is 9. The monoisotopic (exact) mass is 461 g/mol. The Bertz CT molecular complexity index is 1010. The molecule has 4 N–H and O–H groups in total. The predicted octanol–water partition coefficient (Wildman–Crippen LogP) is 1.63. The first-order chi connectivity index (χ1) is 14.0. The van der Waals surface area contributed by atoms with Crippen molar-refractivity contribution in [2.45, 2.75) is 44.4 Å². The molecule has 0 fully saturated rings. The summed E-state index contributed by atoms with van der Waals surface area (Å²) in [6.45, 7) is 3.15. The highest BCUT2D eigenvalue weighted by atomic mass is 32.2. The van der Waals surface area contributed by atoms with Crippen LogP contribution in [0.5, 0.6) is 0 Å². The van der Waals surface area contributed by atoms with E-state index in [1.54, 1.807) is 0 Å². The van der Waals surface area contributed by atoms with Gasteiger partial charge >= 0.3 is 0 Å². The fourth-order valence-corrected chi connectivity index (χ4v) is 4.04. The van der Waals surface area contributed by atoms with Crippen LogP contribution in [0.3, 0.4) is 0 Å². The zero-order chi connectivity index (χ0) is 22.5. The highest BCUT2D eigenvalue weighted by Crippen LogP contribution is 2.25. The minimum atomic E-state index is -3.86. The number of nitrogens with zero attached hydrogens (tertiary/aromatic N) is 2. The predicted molar refractivity (Wildman–Crippen MR) is 107 cm³/mol. The standard InChI is InChI=1S/C17H21F2N5O4S2/c1-3-4-13(21-14(25)7-10-5-11(18)8-12(19)6-10)15(26)22-17-24-23-16(29-17)9(2)30(20,27)28/h5-6,8-9,13H,3-4,7H2,1-2H3,(H,21,25)(H2,20,27,28)(H,22,24,26). The van der Waals surface area contributed by atoms with Crippen LogP contribution in [0.4, 0.5) is 13.9 Å². The molecule has 2 aromatic rings. The van der Waals surface area contributed by atoms with Crippen molar-refractivity contribution in [1.82, 2.24) is 15.5 Å². The Morgan fingerprint density at radius 3 is 2.40 bits per heavy atom. The summed E-state index contributed by atoms with van der Waals surface area (Å²) in [4.78, 5) is 24.8. The Balaban J connectivity index is 2.04. The van der Waals surface area contributed by atoms with E-state index in [0.717, 1.165) is 23.5 Å². The van der Waals surface area contributed by atoms with Crippen molar-refractivity contribution in [3.63, 3.8) is 0 Å². The molecular formula is C17H21F2N5O4S2. The molecule has 0 aliphatic heterocycles.